The third-order valence-electron chi connectivity index (χ3n) is 3.75. The van der Waals surface area contributed by atoms with Crippen LogP contribution in [0.2, 0.25) is 0 Å². The van der Waals surface area contributed by atoms with E-state index < -0.39 is 0 Å². The number of nitrogens with one attached hydrogen (secondary N) is 1. The minimum absolute atomic E-state index is 0.179. The number of ether oxygens (including phenoxy) is 3. The van der Waals surface area contributed by atoms with Crippen LogP contribution in [-0.2, 0) is 14.2 Å². The third-order valence-corrected chi connectivity index (χ3v) is 3.75. The molecule has 20 heavy (non-hydrogen) atoms. The number of rotatable bonds is 9. The van der Waals surface area contributed by atoms with E-state index in [4.69, 9.17) is 14.2 Å². The van der Waals surface area contributed by atoms with E-state index in [0.717, 1.165) is 26.2 Å². The van der Waals surface area contributed by atoms with E-state index in [-0.39, 0.29) is 11.1 Å². The predicted octanol–water partition coefficient (Wildman–Crippen LogP) is 1.13. The van der Waals surface area contributed by atoms with E-state index in [0.29, 0.717) is 26.4 Å². The molecule has 0 atom stereocenters. The fourth-order valence-corrected chi connectivity index (χ4v) is 2.34. The Hall–Kier alpha value is -0.200. The first-order valence-electron chi connectivity index (χ1n) is 7.52. The van der Waals surface area contributed by atoms with Crippen molar-refractivity contribution < 1.29 is 14.2 Å². The maximum Gasteiger partial charge on any atom is 0.0701 e. The molecule has 1 aliphatic heterocycles. The van der Waals surface area contributed by atoms with E-state index in [1.54, 1.807) is 7.11 Å². The summed E-state index contributed by atoms with van der Waals surface area (Å²) < 4.78 is 15.9. The second-order valence-corrected chi connectivity index (χ2v) is 6.69. The third kappa shape index (κ3) is 6.50. The molecular formula is C15H32N2O3. The van der Waals surface area contributed by atoms with Gasteiger partial charge in [0, 0.05) is 37.8 Å². The lowest BCUT2D eigenvalue weighted by Gasteiger charge is -2.49. The Kier molecular flexibility index (Phi) is 7.40. The molecule has 0 aliphatic carbocycles. The number of nitrogens with zero attached hydrogens (tertiary/aromatic N) is 1. The van der Waals surface area contributed by atoms with E-state index >= 15 is 0 Å². The summed E-state index contributed by atoms with van der Waals surface area (Å²) in [5.41, 5.74) is 0.368. The molecule has 1 rings (SSSR count). The largest absolute Gasteiger partial charge is 0.382 e. The van der Waals surface area contributed by atoms with Crippen molar-refractivity contribution in [1.29, 1.82) is 0 Å². The average molecular weight is 288 g/mol. The van der Waals surface area contributed by atoms with Crippen LogP contribution in [0.5, 0.6) is 0 Å². The highest BCUT2D eigenvalue weighted by Gasteiger charge is 2.36. The van der Waals surface area contributed by atoms with Gasteiger partial charge in [-0.3, -0.25) is 4.90 Å². The zero-order chi connectivity index (χ0) is 15.1. The summed E-state index contributed by atoms with van der Waals surface area (Å²) in [6.45, 7) is 15.4. The van der Waals surface area contributed by atoms with Gasteiger partial charge in [0.15, 0.2) is 0 Å². The highest BCUT2D eigenvalue weighted by Crippen LogP contribution is 2.22. The lowest BCUT2D eigenvalue weighted by atomic mass is 9.91. The topological polar surface area (TPSA) is 43.0 Å². The van der Waals surface area contributed by atoms with E-state index in [2.05, 4.69) is 37.9 Å². The van der Waals surface area contributed by atoms with Crippen LogP contribution in [0.1, 0.15) is 27.7 Å². The first-order chi connectivity index (χ1) is 9.37. The number of hydrogen-bond donors (Lipinski definition) is 1. The fraction of sp³-hybridized carbons (Fsp3) is 1.00. The van der Waals surface area contributed by atoms with Crippen LogP contribution in [-0.4, -0.2) is 75.8 Å². The van der Waals surface area contributed by atoms with Crippen molar-refractivity contribution in [3.63, 3.8) is 0 Å². The molecule has 0 amide bonds. The van der Waals surface area contributed by atoms with Crippen molar-refractivity contribution in [3.05, 3.63) is 0 Å². The quantitative estimate of drug-likeness (QED) is 0.644. The van der Waals surface area contributed by atoms with Crippen molar-refractivity contribution in [2.75, 3.05) is 59.8 Å². The number of piperazine rings is 1. The Morgan fingerprint density at radius 3 is 2.20 bits per heavy atom. The van der Waals surface area contributed by atoms with E-state index in [9.17, 15) is 0 Å². The Labute approximate surface area is 123 Å². The molecule has 0 radical (unpaired) electrons. The van der Waals surface area contributed by atoms with Crippen LogP contribution >= 0.6 is 0 Å². The van der Waals surface area contributed by atoms with E-state index in [1.165, 1.54) is 0 Å². The SMILES string of the molecule is COCCOCCOCCN1CC(C)(C)NCC1(C)C. The molecule has 0 aromatic heterocycles. The molecule has 0 bridgehead atoms. The molecule has 1 saturated heterocycles. The molecule has 120 valence electrons. The summed E-state index contributed by atoms with van der Waals surface area (Å²) in [6, 6.07) is 0. The van der Waals surface area contributed by atoms with Crippen molar-refractivity contribution >= 4 is 0 Å². The minimum Gasteiger partial charge on any atom is -0.382 e. The zero-order valence-electron chi connectivity index (χ0n) is 13.8. The summed E-state index contributed by atoms with van der Waals surface area (Å²) in [4.78, 5) is 2.51. The normalized spacial score (nSPS) is 22.1. The Balaban J connectivity index is 2.13. The maximum atomic E-state index is 5.65. The van der Waals surface area contributed by atoms with Gasteiger partial charge >= 0.3 is 0 Å². The van der Waals surface area contributed by atoms with E-state index in [1.807, 2.05) is 0 Å². The van der Waals surface area contributed by atoms with Gasteiger partial charge in [-0.2, -0.15) is 0 Å². The minimum atomic E-state index is 0.179. The molecule has 0 unspecified atom stereocenters. The van der Waals surface area contributed by atoms with Crippen molar-refractivity contribution in [2.45, 2.75) is 38.8 Å². The number of methoxy groups -OCH3 is 1. The molecule has 1 heterocycles. The molecule has 0 aromatic rings. The molecule has 0 aromatic carbocycles. The van der Waals surface area contributed by atoms with Gasteiger partial charge < -0.3 is 19.5 Å². The van der Waals surface area contributed by atoms with Crippen molar-refractivity contribution in [1.82, 2.24) is 10.2 Å². The summed E-state index contributed by atoms with van der Waals surface area (Å²) >= 11 is 0. The van der Waals surface area contributed by atoms with Crippen LogP contribution in [0.25, 0.3) is 0 Å². The average Bonchev–Trinajstić information content (AvgIpc) is 2.37. The number of hydrogen-bond acceptors (Lipinski definition) is 5. The van der Waals surface area contributed by atoms with Gasteiger partial charge in [-0.1, -0.05) is 0 Å². The van der Waals surface area contributed by atoms with Crippen LogP contribution < -0.4 is 5.32 Å². The van der Waals surface area contributed by atoms with Crippen LogP contribution in [0.3, 0.4) is 0 Å². The standard InChI is InChI=1S/C15H32N2O3/c1-14(2)13-17(15(3,4)12-16-14)6-7-19-10-11-20-9-8-18-5/h16H,6-13H2,1-5H3. The van der Waals surface area contributed by atoms with Gasteiger partial charge in [0.05, 0.1) is 33.0 Å². The van der Waals surface area contributed by atoms with Crippen LogP contribution in [0, 0.1) is 0 Å². The van der Waals surface area contributed by atoms with Gasteiger partial charge in [0.2, 0.25) is 0 Å². The monoisotopic (exact) mass is 288 g/mol. The summed E-state index contributed by atoms with van der Waals surface area (Å²) in [5.74, 6) is 0. The smallest absolute Gasteiger partial charge is 0.0701 e. The molecule has 5 heteroatoms. The van der Waals surface area contributed by atoms with Gasteiger partial charge in [-0.15, -0.1) is 0 Å². The Morgan fingerprint density at radius 2 is 1.55 bits per heavy atom. The summed E-state index contributed by atoms with van der Waals surface area (Å²) in [7, 11) is 1.68. The molecule has 1 aliphatic rings. The predicted molar refractivity (Wildman–Crippen MR) is 81.2 cm³/mol. The molecule has 0 saturated carbocycles. The molecule has 1 N–H and O–H groups in total. The zero-order valence-corrected chi connectivity index (χ0v) is 13.8. The van der Waals surface area contributed by atoms with Gasteiger partial charge in [0.25, 0.3) is 0 Å². The second kappa shape index (κ2) is 8.29. The molecule has 5 nitrogen and oxygen atoms in total. The van der Waals surface area contributed by atoms with Crippen molar-refractivity contribution in [3.8, 4) is 0 Å². The highest BCUT2D eigenvalue weighted by molar-refractivity contribution is 4.97. The second-order valence-electron chi connectivity index (χ2n) is 6.69. The first kappa shape index (κ1) is 17.9. The lowest BCUT2D eigenvalue weighted by Crippen LogP contribution is -2.66. The Bertz CT molecular complexity index is 270. The molecule has 0 spiro atoms. The lowest BCUT2D eigenvalue weighted by molar-refractivity contribution is -0.00768. The fourth-order valence-electron chi connectivity index (χ4n) is 2.34. The Morgan fingerprint density at radius 1 is 0.950 bits per heavy atom. The van der Waals surface area contributed by atoms with Crippen LogP contribution in [0.4, 0.5) is 0 Å². The van der Waals surface area contributed by atoms with Crippen molar-refractivity contribution in [2.24, 2.45) is 0 Å². The van der Waals surface area contributed by atoms with Gasteiger partial charge in [-0.25, -0.2) is 0 Å². The van der Waals surface area contributed by atoms with Crippen LogP contribution in [0.15, 0.2) is 0 Å². The summed E-state index contributed by atoms with van der Waals surface area (Å²) in [6.07, 6.45) is 0. The summed E-state index contributed by atoms with van der Waals surface area (Å²) in [5, 5.41) is 3.59. The first-order valence-corrected chi connectivity index (χ1v) is 7.52. The van der Waals surface area contributed by atoms with Gasteiger partial charge in [-0.05, 0) is 27.7 Å². The molecular weight excluding hydrogens is 256 g/mol. The molecule has 1 fully saturated rings. The highest BCUT2D eigenvalue weighted by atomic mass is 16.5. The van der Waals surface area contributed by atoms with Gasteiger partial charge in [0.1, 0.15) is 0 Å². The maximum absolute atomic E-state index is 5.65.